The van der Waals surface area contributed by atoms with E-state index in [1.807, 2.05) is 55.5 Å². The summed E-state index contributed by atoms with van der Waals surface area (Å²) in [5.74, 6) is 0.187. The number of nitrogens with one attached hydrogen (secondary N) is 1. The molecule has 0 saturated carbocycles. The molecule has 6 heteroatoms. The zero-order chi connectivity index (χ0) is 22.3. The normalized spacial score (nSPS) is 11.6. The number of aryl methyl sites for hydroxylation is 1. The number of hydrogen-bond acceptors (Lipinski definition) is 5. The van der Waals surface area contributed by atoms with Crippen molar-refractivity contribution in [2.45, 2.75) is 40.0 Å². The Kier molecular flexibility index (Phi) is 5.01. The molecule has 6 nitrogen and oxygen atoms in total. The number of Topliss-reactive ketones (excluding diaryl/α,β-unsaturated/α-hetero) is 1. The molecule has 4 aromatic rings. The summed E-state index contributed by atoms with van der Waals surface area (Å²) in [7, 11) is 0. The first-order valence-corrected chi connectivity index (χ1v) is 10.2. The van der Waals surface area contributed by atoms with Crippen LogP contribution in [0.3, 0.4) is 0 Å². The highest BCUT2D eigenvalue weighted by Gasteiger charge is 2.22. The fourth-order valence-corrected chi connectivity index (χ4v) is 3.64. The minimum Gasteiger partial charge on any atom is -0.505 e. The van der Waals surface area contributed by atoms with Crippen LogP contribution in [0.15, 0.2) is 54.6 Å². The summed E-state index contributed by atoms with van der Waals surface area (Å²) >= 11 is 0. The number of benzene rings is 3. The van der Waals surface area contributed by atoms with Crippen molar-refractivity contribution in [2.24, 2.45) is 0 Å². The van der Waals surface area contributed by atoms with E-state index in [0.29, 0.717) is 22.3 Å². The summed E-state index contributed by atoms with van der Waals surface area (Å²) in [5, 5.41) is 23.4. The second kappa shape index (κ2) is 7.54. The van der Waals surface area contributed by atoms with Gasteiger partial charge in [0.15, 0.2) is 5.78 Å². The van der Waals surface area contributed by atoms with Gasteiger partial charge in [0.2, 0.25) is 0 Å². The summed E-state index contributed by atoms with van der Waals surface area (Å²) in [5.41, 5.74) is 5.80. The van der Waals surface area contributed by atoms with Gasteiger partial charge >= 0.3 is 0 Å². The number of fused-ring (bicyclic) bond motifs is 1. The Morgan fingerprint density at radius 3 is 2.42 bits per heavy atom. The molecule has 0 saturated heterocycles. The number of nitrogens with zero attached hydrogens (tertiary/aromatic N) is 3. The molecule has 0 amide bonds. The topological polar surface area (TPSA) is 80.0 Å². The minimum atomic E-state index is -0.210. The maximum absolute atomic E-state index is 11.9. The highest BCUT2D eigenvalue weighted by atomic mass is 16.3. The number of ketones is 1. The fraction of sp³-hybridized carbons (Fsp3) is 0.240. The third-order valence-corrected chi connectivity index (χ3v) is 5.22. The molecule has 0 bridgehead atoms. The van der Waals surface area contributed by atoms with Crippen LogP contribution < -0.4 is 5.32 Å². The molecule has 1 aromatic heterocycles. The fourth-order valence-electron chi connectivity index (χ4n) is 3.64. The average Bonchev–Trinajstić information content (AvgIpc) is 3.12. The number of anilines is 2. The Morgan fingerprint density at radius 2 is 1.71 bits per heavy atom. The van der Waals surface area contributed by atoms with Gasteiger partial charge in [-0.15, -0.1) is 15.0 Å². The Hall–Kier alpha value is -3.67. The predicted octanol–water partition coefficient (Wildman–Crippen LogP) is 5.68. The van der Waals surface area contributed by atoms with Crippen molar-refractivity contribution in [1.29, 1.82) is 0 Å². The van der Waals surface area contributed by atoms with Crippen LogP contribution >= 0.6 is 0 Å². The number of para-hydroxylation sites is 1. The molecule has 1 heterocycles. The number of phenols is 1. The Morgan fingerprint density at radius 1 is 1.00 bits per heavy atom. The average molecular weight is 415 g/mol. The standard InChI is InChI=1S/C25H26N4O2/c1-15-12-19(25(3,4)5)24(31)23(13-15)29-27-21-11-10-17(14-22(21)28-29)26-20-9-7-6-8-18(20)16(2)30/h6-14,26,31H,1-5H3. The first kappa shape index (κ1) is 20.6. The van der Waals surface area contributed by atoms with Gasteiger partial charge in [-0.2, -0.15) is 0 Å². The molecule has 158 valence electrons. The lowest BCUT2D eigenvalue weighted by Crippen LogP contribution is -2.13. The number of hydrogen-bond donors (Lipinski definition) is 2. The molecular weight excluding hydrogens is 388 g/mol. The minimum absolute atomic E-state index is 0.000280. The second-order valence-corrected chi connectivity index (χ2v) is 8.85. The quantitative estimate of drug-likeness (QED) is 0.420. The van der Waals surface area contributed by atoms with Crippen molar-refractivity contribution in [3.05, 3.63) is 71.3 Å². The van der Waals surface area contributed by atoms with Gasteiger partial charge in [0.1, 0.15) is 22.5 Å². The van der Waals surface area contributed by atoms with E-state index >= 15 is 0 Å². The van der Waals surface area contributed by atoms with E-state index in [2.05, 4.69) is 36.3 Å². The number of carbonyl (C=O) groups excluding carboxylic acids is 1. The number of rotatable bonds is 4. The van der Waals surface area contributed by atoms with Crippen LogP contribution in [-0.4, -0.2) is 25.9 Å². The molecule has 2 N–H and O–H groups in total. The van der Waals surface area contributed by atoms with Crippen LogP contribution in [0.5, 0.6) is 5.75 Å². The van der Waals surface area contributed by atoms with Gasteiger partial charge in [-0.3, -0.25) is 4.79 Å². The Bertz CT molecular complexity index is 1300. The van der Waals surface area contributed by atoms with Crippen LogP contribution in [-0.2, 0) is 5.41 Å². The van der Waals surface area contributed by atoms with Gasteiger partial charge in [-0.25, -0.2) is 0 Å². The van der Waals surface area contributed by atoms with E-state index in [9.17, 15) is 9.90 Å². The lowest BCUT2D eigenvalue weighted by Gasteiger charge is -2.22. The molecule has 0 atom stereocenters. The van der Waals surface area contributed by atoms with Crippen LogP contribution in [0, 0.1) is 6.92 Å². The van der Waals surface area contributed by atoms with E-state index in [1.165, 1.54) is 4.80 Å². The van der Waals surface area contributed by atoms with E-state index < -0.39 is 0 Å². The molecule has 0 fully saturated rings. The number of phenolic OH excluding ortho intramolecular Hbond substituents is 1. The second-order valence-electron chi connectivity index (χ2n) is 8.85. The van der Waals surface area contributed by atoms with Crippen molar-refractivity contribution in [2.75, 3.05) is 5.32 Å². The largest absolute Gasteiger partial charge is 0.505 e. The molecule has 0 radical (unpaired) electrons. The predicted molar refractivity (Wildman–Crippen MR) is 124 cm³/mol. The van der Waals surface area contributed by atoms with E-state index in [0.717, 1.165) is 22.5 Å². The molecule has 0 aliphatic heterocycles. The summed E-state index contributed by atoms with van der Waals surface area (Å²) < 4.78 is 0. The van der Waals surface area contributed by atoms with Crippen LogP contribution in [0.1, 0.15) is 49.2 Å². The third kappa shape index (κ3) is 4.01. The smallest absolute Gasteiger partial charge is 0.161 e. The highest BCUT2D eigenvalue weighted by Crippen LogP contribution is 2.36. The maximum Gasteiger partial charge on any atom is 0.161 e. The van der Waals surface area contributed by atoms with Gasteiger partial charge in [0, 0.05) is 22.5 Å². The summed E-state index contributed by atoms with van der Waals surface area (Å²) in [6, 6.07) is 16.9. The molecule has 0 aliphatic rings. The molecule has 0 spiro atoms. The van der Waals surface area contributed by atoms with E-state index in [1.54, 1.807) is 13.0 Å². The SMILES string of the molecule is CC(=O)c1ccccc1Nc1ccc2nn(-c3cc(C)cc(C(C)(C)C)c3O)nc2c1. The van der Waals surface area contributed by atoms with Crippen molar-refractivity contribution in [3.63, 3.8) is 0 Å². The molecule has 3 aromatic carbocycles. The Labute approximate surface area is 181 Å². The van der Waals surface area contributed by atoms with E-state index in [-0.39, 0.29) is 16.9 Å². The van der Waals surface area contributed by atoms with Crippen molar-refractivity contribution < 1.29 is 9.90 Å². The van der Waals surface area contributed by atoms with Crippen molar-refractivity contribution >= 4 is 28.2 Å². The number of aromatic nitrogens is 3. The first-order valence-electron chi connectivity index (χ1n) is 10.2. The first-order chi connectivity index (χ1) is 14.6. The number of aromatic hydroxyl groups is 1. The van der Waals surface area contributed by atoms with Gasteiger partial charge in [-0.1, -0.05) is 39.0 Å². The van der Waals surface area contributed by atoms with Gasteiger partial charge in [0.25, 0.3) is 0 Å². The Balaban J connectivity index is 1.75. The number of carbonyl (C=O) groups is 1. The highest BCUT2D eigenvalue weighted by molar-refractivity contribution is 6.00. The zero-order valence-corrected chi connectivity index (χ0v) is 18.4. The van der Waals surface area contributed by atoms with Crippen molar-refractivity contribution in [1.82, 2.24) is 15.0 Å². The van der Waals surface area contributed by atoms with E-state index in [4.69, 9.17) is 0 Å². The molecule has 31 heavy (non-hydrogen) atoms. The molecule has 0 aliphatic carbocycles. The lowest BCUT2D eigenvalue weighted by molar-refractivity contribution is 0.101. The van der Waals surface area contributed by atoms with Gasteiger partial charge in [-0.05, 0) is 61.2 Å². The summed E-state index contributed by atoms with van der Waals surface area (Å²) in [4.78, 5) is 13.4. The van der Waals surface area contributed by atoms with Crippen molar-refractivity contribution in [3.8, 4) is 11.4 Å². The summed E-state index contributed by atoms with van der Waals surface area (Å²) in [6.45, 7) is 9.74. The van der Waals surface area contributed by atoms with Crippen LogP contribution in [0.4, 0.5) is 11.4 Å². The molecule has 0 unspecified atom stereocenters. The summed E-state index contributed by atoms with van der Waals surface area (Å²) in [6.07, 6.45) is 0. The third-order valence-electron chi connectivity index (χ3n) is 5.22. The maximum atomic E-state index is 11.9. The zero-order valence-electron chi connectivity index (χ0n) is 18.4. The monoisotopic (exact) mass is 414 g/mol. The molecular formula is C25H26N4O2. The van der Waals surface area contributed by atoms with Gasteiger partial charge in [0.05, 0.1) is 0 Å². The van der Waals surface area contributed by atoms with Gasteiger partial charge < -0.3 is 10.4 Å². The molecule has 4 rings (SSSR count). The lowest BCUT2D eigenvalue weighted by atomic mass is 9.85. The van der Waals surface area contributed by atoms with Crippen LogP contribution in [0.2, 0.25) is 0 Å². The van der Waals surface area contributed by atoms with Crippen LogP contribution in [0.25, 0.3) is 16.7 Å².